The molecule has 1 saturated heterocycles. The summed E-state index contributed by atoms with van der Waals surface area (Å²) in [5.41, 5.74) is 0. The van der Waals surface area contributed by atoms with Crippen LogP contribution in [-0.2, 0) is 18.9 Å². The highest BCUT2D eigenvalue weighted by Gasteiger charge is 2.42. The number of likely N-dealkylation sites (N-methyl/N-ethyl adjacent to an activating group) is 1. The van der Waals surface area contributed by atoms with Gasteiger partial charge >= 0.3 is 0 Å². The van der Waals surface area contributed by atoms with Gasteiger partial charge in [-0.1, -0.05) is 6.92 Å². The highest BCUT2D eigenvalue weighted by atomic mass is 16.7. The molecule has 23 heavy (non-hydrogen) atoms. The van der Waals surface area contributed by atoms with E-state index < -0.39 is 24.6 Å². The number of aliphatic hydroxyl groups excluding tert-OH is 3. The van der Waals surface area contributed by atoms with Crippen molar-refractivity contribution >= 4 is 0 Å². The van der Waals surface area contributed by atoms with Gasteiger partial charge in [0, 0.05) is 19.6 Å². The third-order valence-corrected chi connectivity index (χ3v) is 3.84. The zero-order chi connectivity index (χ0) is 17.4. The molecular weight excluding hydrogens is 306 g/mol. The van der Waals surface area contributed by atoms with Crippen molar-refractivity contribution in [1.82, 2.24) is 4.90 Å². The van der Waals surface area contributed by atoms with Crippen LogP contribution < -0.4 is 0 Å². The molecule has 8 nitrogen and oxygen atoms in total. The molecule has 0 saturated carbocycles. The molecule has 1 heterocycles. The monoisotopic (exact) mass is 337 g/mol. The second kappa shape index (κ2) is 10.5. The zero-order valence-corrected chi connectivity index (χ0v) is 14.4. The lowest BCUT2D eigenvalue weighted by atomic mass is 9.91. The second-order valence-electron chi connectivity index (χ2n) is 6.18. The van der Waals surface area contributed by atoms with Gasteiger partial charge in [-0.3, -0.25) is 0 Å². The van der Waals surface area contributed by atoms with E-state index in [-0.39, 0.29) is 25.2 Å². The first-order valence-corrected chi connectivity index (χ1v) is 7.89. The molecule has 0 aromatic rings. The van der Waals surface area contributed by atoms with Crippen molar-refractivity contribution in [1.29, 1.82) is 0 Å². The van der Waals surface area contributed by atoms with Crippen molar-refractivity contribution in [2.45, 2.75) is 37.6 Å². The summed E-state index contributed by atoms with van der Waals surface area (Å²) < 4.78 is 21.4. The fourth-order valence-electron chi connectivity index (χ4n) is 2.47. The first-order valence-electron chi connectivity index (χ1n) is 7.89. The highest BCUT2D eigenvalue weighted by molar-refractivity contribution is 4.86. The van der Waals surface area contributed by atoms with Gasteiger partial charge in [-0.05, 0) is 14.1 Å². The lowest BCUT2D eigenvalue weighted by Crippen LogP contribution is -2.55. The van der Waals surface area contributed by atoms with Crippen molar-refractivity contribution in [3.63, 3.8) is 0 Å². The minimum absolute atomic E-state index is 0.258. The highest BCUT2D eigenvalue weighted by Crippen LogP contribution is 2.26. The van der Waals surface area contributed by atoms with Gasteiger partial charge in [0.2, 0.25) is 0 Å². The minimum Gasteiger partial charge on any atom is -0.390 e. The molecule has 138 valence electrons. The van der Waals surface area contributed by atoms with Gasteiger partial charge in [0.25, 0.3) is 0 Å². The van der Waals surface area contributed by atoms with E-state index in [1.54, 1.807) is 6.92 Å². The first kappa shape index (κ1) is 20.7. The molecule has 8 heteroatoms. The Bertz CT molecular complexity index is 316. The third kappa shape index (κ3) is 6.98. The SMILES string of the molecule is CO[C@@H]1OC(COCCOCC(O)CN(C)C)C(C)[C@H](O)[C@H]1O. The molecule has 0 aromatic carbocycles. The molecule has 1 fully saturated rings. The largest absolute Gasteiger partial charge is 0.390 e. The lowest BCUT2D eigenvalue weighted by molar-refractivity contribution is -0.282. The minimum atomic E-state index is -1.06. The zero-order valence-electron chi connectivity index (χ0n) is 14.4. The Labute approximate surface area is 137 Å². The second-order valence-corrected chi connectivity index (χ2v) is 6.18. The normalized spacial score (nSPS) is 33.1. The summed E-state index contributed by atoms with van der Waals surface area (Å²) in [6, 6.07) is 0. The van der Waals surface area contributed by atoms with Crippen LogP contribution in [0.4, 0.5) is 0 Å². The molecule has 0 spiro atoms. The van der Waals surface area contributed by atoms with Crippen LogP contribution in [0, 0.1) is 5.92 Å². The smallest absolute Gasteiger partial charge is 0.186 e. The summed E-state index contributed by atoms with van der Waals surface area (Å²) in [4.78, 5) is 1.89. The van der Waals surface area contributed by atoms with E-state index in [0.29, 0.717) is 19.8 Å². The van der Waals surface area contributed by atoms with Crippen molar-refractivity contribution in [2.24, 2.45) is 5.92 Å². The first-order chi connectivity index (χ1) is 10.9. The summed E-state index contributed by atoms with van der Waals surface area (Å²) >= 11 is 0. The maximum atomic E-state index is 9.97. The summed E-state index contributed by atoms with van der Waals surface area (Å²) in [5.74, 6) is -0.265. The van der Waals surface area contributed by atoms with Crippen LogP contribution in [-0.4, -0.2) is 105 Å². The average Bonchev–Trinajstić information content (AvgIpc) is 2.49. The van der Waals surface area contributed by atoms with Gasteiger partial charge in [0.15, 0.2) is 6.29 Å². The van der Waals surface area contributed by atoms with Gasteiger partial charge in [-0.15, -0.1) is 0 Å². The Kier molecular flexibility index (Phi) is 9.48. The van der Waals surface area contributed by atoms with E-state index in [1.165, 1.54) is 7.11 Å². The van der Waals surface area contributed by atoms with Gasteiger partial charge in [0.1, 0.15) is 6.10 Å². The molecule has 0 aromatic heterocycles. The molecular formula is C15H31NO7. The Morgan fingerprint density at radius 3 is 2.39 bits per heavy atom. The summed E-state index contributed by atoms with van der Waals surface area (Å²) in [5, 5.41) is 29.4. The standard InChI is InChI=1S/C15H31NO7/c1-10-12(23-15(20-4)14(19)13(10)18)9-22-6-5-21-8-11(17)7-16(2)3/h10-15,17-19H,5-9H2,1-4H3/t10?,11?,12?,13-,14+,15+/m0/s1. The van der Waals surface area contributed by atoms with Gasteiger partial charge < -0.3 is 39.2 Å². The number of ether oxygens (including phenoxy) is 4. The molecule has 3 unspecified atom stereocenters. The molecule has 1 aliphatic heterocycles. The molecule has 1 rings (SSSR count). The van der Waals surface area contributed by atoms with Crippen molar-refractivity contribution < 1.29 is 34.3 Å². The summed E-state index contributed by atoms with van der Waals surface area (Å²) in [6.45, 7) is 3.60. The van der Waals surface area contributed by atoms with Crippen molar-refractivity contribution in [3.05, 3.63) is 0 Å². The number of hydrogen-bond acceptors (Lipinski definition) is 8. The fourth-order valence-corrected chi connectivity index (χ4v) is 2.47. The van der Waals surface area contributed by atoms with E-state index in [4.69, 9.17) is 18.9 Å². The van der Waals surface area contributed by atoms with Crippen LogP contribution in [0.5, 0.6) is 0 Å². The number of methoxy groups -OCH3 is 1. The molecule has 0 radical (unpaired) electrons. The number of rotatable bonds is 10. The Hall–Kier alpha value is -0.320. The topological polar surface area (TPSA) is 101 Å². The van der Waals surface area contributed by atoms with Crippen LogP contribution in [0.15, 0.2) is 0 Å². The lowest BCUT2D eigenvalue weighted by Gasteiger charge is -2.40. The van der Waals surface area contributed by atoms with Crippen LogP contribution >= 0.6 is 0 Å². The van der Waals surface area contributed by atoms with Gasteiger partial charge in [-0.2, -0.15) is 0 Å². The van der Waals surface area contributed by atoms with Crippen molar-refractivity contribution in [3.8, 4) is 0 Å². The maximum Gasteiger partial charge on any atom is 0.186 e. The molecule has 6 atom stereocenters. The summed E-state index contributed by atoms with van der Waals surface area (Å²) in [7, 11) is 5.19. The molecule has 0 amide bonds. The van der Waals surface area contributed by atoms with E-state index in [1.807, 2.05) is 19.0 Å². The predicted molar refractivity (Wildman–Crippen MR) is 83.0 cm³/mol. The molecule has 1 aliphatic rings. The van der Waals surface area contributed by atoms with E-state index in [2.05, 4.69) is 0 Å². The van der Waals surface area contributed by atoms with E-state index in [0.717, 1.165) is 0 Å². The van der Waals surface area contributed by atoms with Crippen LogP contribution in [0.3, 0.4) is 0 Å². The molecule has 0 bridgehead atoms. The Morgan fingerprint density at radius 2 is 1.78 bits per heavy atom. The molecule has 0 aliphatic carbocycles. The van der Waals surface area contributed by atoms with E-state index >= 15 is 0 Å². The van der Waals surface area contributed by atoms with Gasteiger partial charge in [-0.25, -0.2) is 0 Å². The molecule has 3 N–H and O–H groups in total. The van der Waals surface area contributed by atoms with E-state index in [9.17, 15) is 15.3 Å². The number of nitrogens with zero attached hydrogens (tertiary/aromatic N) is 1. The van der Waals surface area contributed by atoms with Crippen LogP contribution in [0.1, 0.15) is 6.92 Å². The van der Waals surface area contributed by atoms with Gasteiger partial charge in [0.05, 0.1) is 44.7 Å². The fraction of sp³-hybridized carbons (Fsp3) is 1.00. The van der Waals surface area contributed by atoms with Crippen LogP contribution in [0.25, 0.3) is 0 Å². The predicted octanol–water partition coefficient (Wildman–Crippen LogP) is -1.33. The van der Waals surface area contributed by atoms with Crippen molar-refractivity contribution in [2.75, 3.05) is 54.2 Å². The Balaban J connectivity index is 2.17. The maximum absolute atomic E-state index is 9.97. The number of hydrogen-bond donors (Lipinski definition) is 3. The average molecular weight is 337 g/mol. The summed E-state index contributed by atoms with van der Waals surface area (Å²) in [6.07, 6.45) is -3.72. The quantitative estimate of drug-likeness (QED) is 0.422. The number of aliphatic hydroxyl groups is 3. The van der Waals surface area contributed by atoms with Crippen LogP contribution in [0.2, 0.25) is 0 Å². The third-order valence-electron chi connectivity index (χ3n) is 3.84. The Morgan fingerprint density at radius 1 is 1.13 bits per heavy atom.